The number of nitrogens with two attached hydrogens (primary N) is 1. The van der Waals surface area contributed by atoms with Crippen LogP contribution in [0.1, 0.15) is 37.7 Å². The number of nitrogens with one attached hydrogen (secondary N) is 1. The molecule has 2 aliphatic rings. The summed E-state index contributed by atoms with van der Waals surface area (Å²) in [5.41, 5.74) is 7.76. The largest absolute Gasteiger partial charge is 0.505 e. The van der Waals surface area contributed by atoms with Crippen LogP contribution in [-0.2, 0) is 4.79 Å². The number of hydrogen-bond donors (Lipinski definition) is 3. The molecule has 6 heteroatoms. The fourth-order valence-corrected chi connectivity index (χ4v) is 4.64. The molecule has 0 saturated heterocycles. The van der Waals surface area contributed by atoms with Crippen molar-refractivity contribution in [3.63, 3.8) is 0 Å². The van der Waals surface area contributed by atoms with Crippen LogP contribution in [-0.4, -0.2) is 17.1 Å². The van der Waals surface area contributed by atoms with Crippen LogP contribution < -0.4 is 11.1 Å². The highest BCUT2D eigenvalue weighted by Crippen LogP contribution is 2.42. The Bertz CT molecular complexity index is 582. The molecular weight excluding hydrogens is 380 g/mol. The Labute approximate surface area is 151 Å². The van der Waals surface area contributed by atoms with Gasteiger partial charge >= 0.3 is 0 Å². The number of amides is 1. The standard InChI is InChI=1S/C17H23BrN2O2.ClH/c1-9-5-13(18)16(21)14(6-9)20-17(22)12-7-10-3-2-4-11(8-12)15(10)19;/h5-6,10-12,15,21H,2-4,7-8,19H2,1H3,(H,20,22);1H. The lowest BCUT2D eigenvalue weighted by molar-refractivity contribution is -0.122. The first-order valence-corrected chi connectivity index (χ1v) is 8.80. The number of phenolic OH excluding ortho intramolecular Hbond substituents is 1. The fourth-order valence-electron chi connectivity index (χ4n) is 4.07. The van der Waals surface area contributed by atoms with Gasteiger partial charge in [0.2, 0.25) is 5.91 Å². The van der Waals surface area contributed by atoms with E-state index in [1.54, 1.807) is 6.07 Å². The van der Waals surface area contributed by atoms with Gasteiger partial charge in [-0.3, -0.25) is 4.79 Å². The number of carbonyl (C=O) groups is 1. The van der Waals surface area contributed by atoms with Crippen molar-refractivity contribution in [2.45, 2.75) is 45.1 Å². The lowest BCUT2D eigenvalue weighted by atomic mass is 9.65. The van der Waals surface area contributed by atoms with Gasteiger partial charge in [-0.25, -0.2) is 0 Å². The van der Waals surface area contributed by atoms with Crippen LogP contribution >= 0.6 is 28.3 Å². The number of anilines is 1. The highest BCUT2D eigenvalue weighted by atomic mass is 79.9. The van der Waals surface area contributed by atoms with E-state index in [-0.39, 0.29) is 36.0 Å². The van der Waals surface area contributed by atoms with Gasteiger partial charge in [0.1, 0.15) is 0 Å². The van der Waals surface area contributed by atoms with Gasteiger partial charge in [-0.15, -0.1) is 12.4 Å². The summed E-state index contributed by atoms with van der Waals surface area (Å²) in [5, 5.41) is 13.0. The molecular formula is C17H24BrClN2O2. The fraction of sp³-hybridized carbons (Fsp3) is 0.588. The zero-order valence-electron chi connectivity index (χ0n) is 13.2. The number of halogens is 2. The van der Waals surface area contributed by atoms with Gasteiger partial charge in [-0.1, -0.05) is 6.42 Å². The van der Waals surface area contributed by atoms with Gasteiger partial charge in [-0.05, 0) is 78.1 Å². The molecule has 0 radical (unpaired) electrons. The molecule has 0 heterocycles. The first-order chi connectivity index (χ1) is 10.5. The van der Waals surface area contributed by atoms with Gasteiger partial charge in [-0.2, -0.15) is 0 Å². The van der Waals surface area contributed by atoms with E-state index >= 15 is 0 Å². The zero-order valence-corrected chi connectivity index (χ0v) is 15.6. The molecule has 2 aliphatic carbocycles. The molecule has 1 aromatic carbocycles. The third-order valence-electron chi connectivity index (χ3n) is 5.25. The van der Waals surface area contributed by atoms with E-state index in [1.807, 2.05) is 13.0 Å². The molecule has 0 aliphatic heterocycles. The van der Waals surface area contributed by atoms with Crippen LogP contribution in [0.2, 0.25) is 0 Å². The third kappa shape index (κ3) is 3.83. The Kier molecular flexibility index (Phi) is 5.98. The molecule has 0 spiro atoms. The summed E-state index contributed by atoms with van der Waals surface area (Å²) >= 11 is 3.31. The number of fused-ring (bicyclic) bond motifs is 2. The van der Waals surface area contributed by atoms with Gasteiger partial charge in [0.15, 0.2) is 5.75 Å². The molecule has 2 unspecified atom stereocenters. The molecule has 2 atom stereocenters. The minimum absolute atomic E-state index is 0. The number of rotatable bonds is 2. The highest BCUT2D eigenvalue weighted by Gasteiger charge is 2.40. The van der Waals surface area contributed by atoms with Crippen LogP contribution in [0, 0.1) is 24.7 Å². The minimum atomic E-state index is 0. The number of hydrogen-bond acceptors (Lipinski definition) is 3. The Hall–Kier alpha value is -0.780. The van der Waals surface area contributed by atoms with E-state index in [0.29, 0.717) is 22.0 Å². The summed E-state index contributed by atoms with van der Waals surface area (Å²) in [6, 6.07) is 3.89. The summed E-state index contributed by atoms with van der Waals surface area (Å²) in [6.45, 7) is 1.93. The molecule has 4 N–H and O–H groups in total. The number of carbonyl (C=O) groups excluding carboxylic acids is 1. The molecule has 1 amide bonds. The molecule has 2 fully saturated rings. The monoisotopic (exact) mass is 402 g/mol. The van der Waals surface area contributed by atoms with Crippen molar-refractivity contribution < 1.29 is 9.90 Å². The number of benzene rings is 1. The number of phenols is 1. The van der Waals surface area contributed by atoms with Crippen LogP contribution in [0.15, 0.2) is 16.6 Å². The summed E-state index contributed by atoms with van der Waals surface area (Å²) < 4.78 is 0.602. The van der Waals surface area contributed by atoms with E-state index in [4.69, 9.17) is 5.73 Å². The van der Waals surface area contributed by atoms with Crippen LogP contribution in [0.5, 0.6) is 5.75 Å². The molecule has 0 aromatic heterocycles. The third-order valence-corrected chi connectivity index (χ3v) is 5.85. The maximum Gasteiger partial charge on any atom is 0.227 e. The maximum atomic E-state index is 12.6. The lowest BCUT2D eigenvalue weighted by Gasteiger charge is -2.43. The quantitative estimate of drug-likeness (QED) is 0.654. The van der Waals surface area contributed by atoms with Crippen molar-refractivity contribution >= 4 is 39.9 Å². The predicted molar refractivity (Wildman–Crippen MR) is 98.0 cm³/mol. The smallest absolute Gasteiger partial charge is 0.227 e. The molecule has 128 valence electrons. The maximum absolute atomic E-state index is 12.6. The molecule has 3 rings (SSSR count). The number of aryl methyl sites for hydroxylation is 1. The SMILES string of the molecule is Cc1cc(Br)c(O)c(NC(=O)C2CC3CCCC(C2)C3N)c1.Cl. The van der Waals surface area contributed by atoms with E-state index in [1.165, 1.54) is 6.42 Å². The zero-order chi connectivity index (χ0) is 15.9. The summed E-state index contributed by atoms with van der Waals surface area (Å²) in [5.74, 6) is 1.05. The Balaban J connectivity index is 0.00000192. The average Bonchev–Trinajstić information content (AvgIpc) is 2.43. The van der Waals surface area contributed by atoms with Crippen molar-refractivity contribution in [2.75, 3.05) is 5.32 Å². The molecule has 2 saturated carbocycles. The summed E-state index contributed by atoms with van der Waals surface area (Å²) in [4.78, 5) is 12.6. The van der Waals surface area contributed by atoms with Crippen LogP contribution in [0.4, 0.5) is 5.69 Å². The van der Waals surface area contributed by atoms with Gasteiger partial charge < -0.3 is 16.2 Å². The predicted octanol–water partition coefficient (Wildman–Crippen LogP) is 3.98. The molecule has 4 nitrogen and oxygen atoms in total. The second-order valence-electron chi connectivity index (χ2n) is 6.83. The van der Waals surface area contributed by atoms with E-state index in [2.05, 4.69) is 21.2 Å². The normalized spacial score (nSPS) is 29.5. The van der Waals surface area contributed by atoms with E-state index in [9.17, 15) is 9.90 Å². The first-order valence-electron chi connectivity index (χ1n) is 8.01. The Morgan fingerprint density at radius 2 is 1.91 bits per heavy atom. The second-order valence-corrected chi connectivity index (χ2v) is 7.68. The summed E-state index contributed by atoms with van der Waals surface area (Å²) in [7, 11) is 0. The Morgan fingerprint density at radius 1 is 1.30 bits per heavy atom. The lowest BCUT2D eigenvalue weighted by Crippen LogP contribution is -2.48. The molecule has 2 bridgehead atoms. The second kappa shape index (κ2) is 7.41. The van der Waals surface area contributed by atoms with Gasteiger partial charge in [0, 0.05) is 12.0 Å². The van der Waals surface area contributed by atoms with Gasteiger partial charge in [0.25, 0.3) is 0 Å². The first kappa shape index (κ1) is 18.6. The van der Waals surface area contributed by atoms with Crippen LogP contribution in [0.25, 0.3) is 0 Å². The van der Waals surface area contributed by atoms with E-state index in [0.717, 1.165) is 31.2 Å². The van der Waals surface area contributed by atoms with Crippen molar-refractivity contribution in [1.29, 1.82) is 0 Å². The minimum Gasteiger partial charge on any atom is -0.505 e. The van der Waals surface area contributed by atoms with Crippen molar-refractivity contribution in [2.24, 2.45) is 23.5 Å². The Morgan fingerprint density at radius 3 is 2.52 bits per heavy atom. The number of aromatic hydroxyl groups is 1. The average molecular weight is 404 g/mol. The highest BCUT2D eigenvalue weighted by molar-refractivity contribution is 9.10. The van der Waals surface area contributed by atoms with E-state index < -0.39 is 0 Å². The van der Waals surface area contributed by atoms with Crippen LogP contribution in [0.3, 0.4) is 0 Å². The van der Waals surface area contributed by atoms with Crippen molar-refractivity contribution in [3.05, 3.63) is 22.2 Å². The molecule has 1 aromatic rings. The topological polar surface area (TPSA) is 75.3 Å². The van der Waals surface area contributed by atoms with Crippen molar-refractivity contribution in [1.82, 2.24) is 0 Å². The van der Waals surface area contributed by atoms with Gasteiger partial charge in [0.05, 0.1) is 10.2 Å². The summed E-state index contributed by atoms with van der Waals surface area (Å²) in [6.07, 6.45) is 5.27. The molecule has 23 heavy (non-hydrogen) atoms. The van der Waals surface area contributed by atoms with Crippen molar-refractivity contribution in [3.8, 4) is 5.75 Å².